The van der Waals surface area contributed by atoms with E-state index in [9.17, 15) is 18.0 Å². The lowest BCUT2D eigenvalue weighted by molar-refractivity contribution is -0.274. The van der Waals surface area contributed by atoms with E-state index in [-0.39, 0.29) is 17.0 Å². The molecule has 0 saturated carbocycles. The standard InChI is InChI=1S/C16H19F3N2O2S/c1-4-9-21-10(2)14(11(3)22)24-15(21)20-12-5-7-13(8-6-12)23-16(17,18)19/h5-8,15,20H,4,9H2,1-3H3. The smallest absolute Gasteiger partial charge is 0.406 e. The fourth-order valence-corrected chi connectivity index (χ4v) is 3.70. The molecule has 0 fully saturated rings. The minimum atomic E-state index is -4.70. The number of halogens is 3. The lowest BCUT2D eigenvalue weighted by atomic mass is 10.3. The maximum absolute atomic E-state index is 12.2. The molecule has 1 aliphatic rings. The summed E-state index contributed by atoms with van der Waals surface area (Å²) in [5, 5.41) is 3.24. The van der Waals surface area contributed by atoms with Crippen LogP contribution in [0.5, 0.6) is 5.75 Å². The molecule has 0 aromatic heterocycles. The second-order valence-electron chi connectivity index (χ2n) is 5.35. The summed E-state index contributed by atoms with van der Waals surface area (Å²) in [6.07, 6.45) is -3.79. The largest absolute Gasteiger partial charge is 0.573 e. The second-order valence-corrected chi connectivity index (χ2v) is 6.44. The molecule has 0 saturated heterocycles. The van der Waals surface area contributed by atoms with Gasteiger partial charge in [-0.3, -0.25) is 4.79 Å². The number of benzene rings is 1. The van der Waals surface area contributed by atoms with E-state index in [0.717, 1.165) is 18.7 Å². The molecule has 24 heavy (non-hydrogen) atoms. The number of Topliss-reactive ketones (excluding diaryl/α,β-unsaturated/α-hetero) is 1. The number of ether oxygens (including phenoxy) is 1. The van der Waals surface area contributed by atoms with Crippen LogP contribution in [0.25, 0.3) is 0 Å². The molecule has 1 N–H and O–H groups in total. The molecule has 132 valence electrons. The number of carbonyl (C=O) groups is 1. The predicted octanol–water partition coefficient (Wildman–Crippen LogP) is 4.56. The summed E-state index contributed by atoms with van der Waals surface area (Å²) in [5.41, 5.74) is 1.41. The molecule has 1 aromatic carbocycles. The molecular weight excluding hydrogens is 341 g/mol. The molecule has 0 bridgehead atoms. The normalized spacial score (nSPS) is 18.1. The van der Waals surface area contributed by atoms with E-state index >= 15 is 0 Å². The molecule has 1 unspecified atom stereocenters. The van der Waals surface area contributed by atoms with Gasteiger partial charge in [-0.25, -0.2) is 0 Å². The molecule has 0 amide bonds. The topological polar surface area (TPSA) is 41.6 Å². The van der Waals surface area contributed by atoms with Crippen molar-refractivity contribution in [1.29, 1.82) is 0 Å². The first-order valence-corrected chi connectivity index (χ1v) is 8.36. The van der Waals surface area contributed by atoms with Gasteiger partial charge < -0.3 is 15.0 Å². The zero-order valence-electron chi connectivity index (χ0n) is 13.6. The van der Waals surface area contributed by atoms with Crippen LogP contribution in [0.1, 0.15) is 27.2 Å². The Kier molecular flexibility index (Phi) is 5.69. The quantitative estimate of drug-likeness (QED) is 0.805. The molecule has 0 aliphatic carbocycles. The zero-order valence-corrected chi connectivity index (χ0v) is 14.4. The molecule has 8 heteroatoms. The summed E-state index contributed by atoms with van der Waals surface area (Å²) in [6, 6.07) is 5.55. The zero-order chi connectivity index (χ0) is 17.9. The van der Waals surface area contributed by atoms with Crippen molar-refractivity contribution >= 4 is 23.2 Å². The molecule has 1 atom stereocenters. The summed E-state index contributed by atoms with van der Waals surface area (Å²) in [6.45, 7) is 6.26. The summed E-state index contributed by atoms with van der Waals surface area (Å²) in [4.78, 5) is 14.5. The number of anilines is 1. The number of nitrogens with one attached hydrogen (secondary N) is 1. The Labute approximate surface area is 143 Å². The van der Waals surface area contributed by atoms with Gasteiger partial charge in [-0.05, 0) is 44.5 Å². The molecule has 0 spiro atoms. The summed E-state index contributed by atoms with van der Waals surface area (Å²) in [7, 11) is 0. The van der Waals surface area contributed by atoms with Crippen LogP contribution >= 0.6 is 11.8 Å². The van der Waals surface area contributed by atoms with E-state index in [1.54, 1.807) is 0 Å². The minimum absolute atomic E-state index is 0.0110. The van der Waals surface area contributed by atoms with E-state index in [1.165, 1.54) is 43.0 Å². The van der Waals surface area contributed by atoms with Gasteiger partial charge in [0.25, 0.3) is 0 Å². The second kappa shape index (κ2) is 7.38. The number of ketones is 1. The molecule has 1 aliphatic heterocycles. The van der Waals surface area contributed by atoms with E-state index in [2.05, 4.69) is 15.0 Å². The van der Waals surface area contributed by atoms with Gasteiger partial charge in [-0.2, -0.15) is 0 Å². The lowest BCUT2D eigenvalue weighted by Gasteiger charge is -2.28. The highest BCUT2D eigenvalue weighted by atomic mass is 32.2. The Hall–Kier alpha value is -1.83. The minimum Gasteiger partial charge on any atom is -0.406 e. The SMILES string of the molecule is CCCN1C(C)=C(C(C)=O)SC1Nc1ccc(OC(F)(F)F)cc1. The third kappa shape index (κ3) is 4.59. The van der Waals surface area contributed by atoms with Crippen molar-refractivity contribution in [2.75, 3.05) is 11.9 Å². The highest BCUT2D eigenvalue weighted by molar-refractivity contribution is 8.04. The van der Waals surface area contributed by atoms with Crippen LogP contribution in [-0.2, 0) is 4.79 Å². The van der Waals surface area contributed by atoms with Crippen molar-refractivity contribution < 1.29 is 22.7 Å². The molecule has 2 rings (SSSR count). The van der Waals surface area contributed by atoms with Crippen LogP contribution in [0.3, 0.4) is 0 Å². The summed E-state index contributed by atoms with van der Waals surface area (Å²) < 4.78 is 40.4. The van der Waals surface area contributed by atoms with E-state index in [1.807, 2.05) is 13.8 Å². The van der Waals surface area contributed by atoms with Crippen molar-refractivity contribution in [3.8, 4) is 5.75 Å². The first kappa shape index (κ1) is 18.5. The summed E-state index contributed by atoms with van der Waals surface area (Å²) >= 11 is 1.42. The van der Waals surface area contributed by atoms with E-state index in [0.29, 0.717) is 10.6 Å². The number of hydrogen-bond acceptors (Lipinski definition) is 5. The third-order valence-electron chi connectivity index (χ3n) is 3.43. The van der Waals surface area contributed by atoms with Gasteiger partial charge >= 0.3 is 6.36 Å². The number of alkyl halides is 3. The predicted molar refractivity (Wildman–Crippen MR) is 88.5 cm³/mol. The van der Waals surface area contributed by atoms with Gasteiger partial charge in [0.2, 0.25) is 0 Å². The molecule has 0 radical (unpaired) electrons. The van der Waals surface area contributed by atoms with Gasteiger partial charge in [0, 0.05) is 17.9 Å². The van der Waals surface area contributed by atoms with E-state index < -0.39 is 6.36 Å². The van der Waals surface area contributed by atoms with Crippen LogP contribution in [0.15, 0.2) is 34.9 Å². The molecule has 1 aromatic rings. The Morgan fingerprint density at radius 1 is 1.33 bits per heavy atom. The number of carbonyl (C=O) groups excluding carboxylic acids is 1. The van der Waals surface area contributed by atoms with Crippen LogP contribution < -0.4 is 10.1 Å². The molecule has 4 nitrogen and oxygen atoms in total. The highest BCUT2D eigenvalue weighted by Gasteiger charge is 2.32. The average Bonchev–Trinajstić information content (AvgIpc) is 2.77. The number of nitrogens with zero attached hydrogens (tertiary/aromatic N) is 1. The van der Waals surface area contributed by atoms with Gasteiger partial charge in [0.15, 0.2) is 11.3 Å². The third-order valence-corrected chi connectivity index (χ3v) is 4.85. The number of allylic oxidation sites excluding steroid dienone is 2. The number of hydrogen-bond donors (Lipinski definition) is 1. The maximum Gasteiger partial charge on any atom is 0.573 e. The Morgan fingerprint density at radius 3 is 2.46 bits per heavy atom. The van der Waals surface area contributed by atoms with Crippen molar-refractivity contribution in [3.05, 3.63) is 34.9 Å². The van der Waals surface area contributed by atoms with Crippen LogP contribution in [-0.4, -0.2) is 29.1 Å². The number of rotatable bonds is 6. The van der Waals surface area contributed by atoms with Crippen molar-refractivity contribution in [2.24, 2.45) is 0 Å². The first-order chi connectivity index (χ1) is 11.2. The van der Waals surface area contributed by atoms with Crippen molar-refractivity contribution in [3.63, 3.8) is 0 Å². The first-order valence-electron chi connectivity index (χ1n) is 7.48. The Balaban J connectivity index is 2.08. The highest BCUT2D eigenvalue weighted by Crippen LogP contribution is 2.39. The van der Waals surface area contributed by atoms with Crippen LogP contribution in [0.4, 0.5) is 18.9 Å². The van der Waals surface area contributed by atoms with Crippen molar-refractivity contribution in [2.45, 2.75) is 39.1 Å². The summed E-state index contributed by atoms with van der Waals surface area (Å²) in [5.74, 6) is -0.256. The molecular formula is C16H19F3N2O2S. The van der Waals surface area contributed by atoms with Gasteiger partial charge in [0.1, 0.15) is 5.75 Å². The van der Waals surface area contributed by atoms with Gasteiger partial charge in [-0.15, -0.1) is 13.2 Å². The molecule has 1 heterocycles. The van der Waals surface area contributed by atoms with E-state index in [4.69, 9.17) is 0 Å². The van der Waals surface area contributed by atoms with Crippen LogP contribution in [0.2, 0.25) is 0 Å². The van der Waals surface area contributed by atoms with Crippen molar-refractivity contribution in [1.82, 2.24) is 4.90 Å². The Bertz CT molecular complexity index is 629. The Morgan fingerprint density at radius 2 is 1.96 bits per heavy atom. The average molecular weight is 360 g/mol. The van der Waals surface area contributed by atoms with Gasteiger partial charge in [0.05, 0.1) is 4.91 Å². The fourth-order valence-electron chi connectivity index (χ4n) is 2.43. The maximum atomic E-state index is 12.2. The van der Waals surface area contributed by atoms with Gasteiger partial charge in [-0.1, -0.05) is 18.7 Å². The lowest BCUT2D eigenvalue weighted by Crippen LogP contribution is -2.34. The fraction of sp³-hybridized carbons (Fsp3) is 0.438. The monoisotopic (exact) mass is 360 g/mol. The van der Waals surface area contributed by atoms with Crippen LogP contribution in [0, 0.1) is 0 Å². The number of thioether (sulfide) groups is 1.